The largest absolute Gasteiger partial charge is 0.381 e. The molecule has 7 nitrogen and oxygen atoms in total. The summed E-state index contributed by atoms with van der Waals surface area (Å²) in [7, 11) is 0. The second kappa shape index (κ2) is 8.86. The van der Waals surface area contributed by atoms with E-state index >= 15 is 0 Å². The lowest BCUT2D eigenvalue weighted by Gasteiger charge is -2.38. The summed E-state index contributed by atoms with van der Waals surface area (Å²) in [6.45, 7) is 11.9. The zero-order valence-corrected chi connectivity index (χ0v) is 18.5. The first kappa shape index (κ1) is 21.0. The molecule has 7 heteroatoms. The van der Waals surface area contributed by atoms with Gasteiger partial charge in [-0.05, 0) is 56.2 Å². The van der Waals surface area contributed by atoms with Crippen LogP contribution in [0.25, 0.3) is 5.69 Å². The zero-order valence-electron chi connectivity index (χ0n) is 18.5. The van der Waals surface area contributed by atoms with E-state index in [9.17, 15) is 4.79 Å². The molecule has 1 atom stereocenters. The fourth-order valence-electron chi connectivity index (χ4n) is 4.38. The van der Waals surface area contributed by atoms with Gasteiger partial charge in [0.25, 0.3) is 5.91 Å². The van der Waals surface area contributed by atoms with Crippen molar-refractivity contribution < 1.29 is 9.53 Å². The molecule has 2 aromatic rings. The van der Waals surface area contributed by atoms with Crippen LogP contribution in [0.2, 0.25) is 0 Å². The molecule has 2 aliphatic heterocycles. The monoisotopic (exact) mass is 411 g/mol. The molecule has 2 aliphatic rings. The van der Waals surface area contributed by atoms with Crippen molar-refractivity contribution in [1.82, 2.24) is 25.2 Å². The van der Waals surface area contributed by atoms with E-state index < -0.39 is 0 Å². The van der Waals surface area contributed by atoms with Gasteiger partial charge in [-0.3, -0.25) is 9.69 Å². The fourth-order valence-corrected chi connectivity index (χ4v) is 4.38. The number of carbonyl (C=O) groups excluding carboxylic acids is 1. The highest BCUT2D eigenvalue weighted by molar-refractivity contribution is 5.93. The maximum Gasteiger partial charge on any atom is 0.273 e. The van der Waals surface area contributed by atoms with E-state index in [4.69, 9.17) is 4.74 Å². The van der Waals surface area contributed by atoms with E-state index in [2.05, 4.69) is 52.6 Å². The van der Waals surface area contributed by atoms with Crippen molar-refractivity contribution in [2.75, 3.05) is 19.8 Å². The standard InChI is InChI=1S/C23H33N5O2/c1-15(2)16(3)24-23(29)22-17(4)28(26-25-22)21-7-5-6-18-14-27(11-8-20(18)21)19-9-12-30-13-10-19/h5-7,15-16,19H,8-14H2,1-4H3,(H,24,29). The number of hydrogen-bond donors (Lipinski definition) is 1. The molecule has 0 spiro atoms. The Kier molecular flexibility index (Phi) is 6.20. The summed E-state index contributed by atoms with van der Waals surface area (Å²) in [5.41, 5.74) is 4.89. The Morgan fingerprint density at radius 2 is 2.00 bits per heavy atom. The number of amides is 1. The van der Waals surface area contributed by atoms with Gasteiger partial charge in [0.2, 0.25) is 0 Å². The van der Waals surface area contributed by atoms with Crippen molar-refractivity contribution in [2.45, 2.75) is 65.6 Å². The van der Waals surface area contributed by atoms with Gasteiger partial charge in [-0.25, -0.2) is 4.68 Å². The van der Waals surface area contributed by atoms with E-state index in [1.54, 1.807) is 0 Å². The molecule has 4 rings (SSSR count). The lowest BCUT2D eigenvalue weighted by atomic mass is 9.95. The second-order valence-corrected chi connectivity index (χ2v) is 8.92. The van der Waals surface area contributed by atoms with Gasteiger partial charge < -0.3 is 10.1 Å². The minimum absolute atomic E-state index is 0.0858. The van der Waals surface area contributed by atoms with Crippen molar-refractivity contribution in [2.24, 2.45) is 5.92 Å². The van der Waals surface area contributed by atoms with Gasteiger partial charge in [0.15, 0.2) is 5.69 Å². The van der Waals surface area contributed by atoms with Crippen LogP contribution in [0.15, 0.2) is 18.2 Å². The average Bonchev–Trinajstić information content (AvgIpc) is 3.14. The van der Waals surface area contributed by atoms with Crippen LogP contribution in [-0.2, 0) is 17.7 Å². The van der Waals surface area contributed by atoms with Gasteiger partial charge in [-0.1, -0.05) is 31.2 Å². The number of carbonyl (C=O) groups is 1. The maximum atomic E-state index is 12.7. The third-order valence-corrected chi connectivity index (χ3v) is 6.67. The Labute approximate surface area is 178 Å². The van der Waals surface area contributed by atoms with Gasteiger partial charge in [-0.15, -0.1) is 5.10 Å². The molecular weight excluding hydrogens is 378 g/mol. The van der Waals surface area contributed by atoms with Crippen LogP contribution >= 0.6 is 0 Å². The number of nitrogens with one attached hydrogen (secondary N) is 1. The zero-order chi connectivity index (χ0) is 21.3. The van der Waals surface area contributed by atoms with E-state index in [0.29, 0.717) is 17.7 Å². The van der Waals surface area contributed by atoms with E-state index in [1.165, 1.54) is 11.1 Å². The van der Waals surface area contributed by atoms with E-state index in [-0.39, 0.29) is 11.9 Å². The van der Waals surface area contributed by atoms with Crippen LogP contribution in [-0.4, -0.2) is 57.6 Å². The van der Waals surface area contributed by atoms with Gasteiger partial charge >= 0.3 is 0 Å². The number of rotatable bonds is 5. The third kappa shape index (κ3) is 4.14. The molecule has 0 saturated carbocycles. The minimum atomic E-state index is -0.157. The number of aromatic nitrogens is 3. The van der Waals surface area contributed by atoms with Crippen LogP contribution in [0, 0.1) is 12.8 Å². The van der Waals surface area contributed by atoms with E-state index in [0.717, 1.165) is 56.9 Å². The third-order valence-electron chi connectivity index (χ3n) is 6.67. The van der Waals surface area contributed by atoms with Crippen LogP contribution in [0.5, 0.6) is 0 Å². The molecule has 1 unspecified atom stereocenters. The smallest absolute Gasteiger partial charge is 0.273 e. The number of ether oxygens (including phenoxy) is 1. The molecule has 1 saturated heterocycles. The first-order valence-electron chi connectivity index (χ1n) is 11.1. The van der Waals surface area contributed by atoms with Gasteiger partial charge in [-0.2, -0.15) is 0 Å². The topological polar surface area (TPSA) is 72.3 Å². The second-order valence-electron chi connectivity index (χ2n) is 8.92. The molecule has 3 heterocycles. The summed E-state index contributed by atoms with van der Waals surface area (Å²) in [5, 5.41) is 11.6. The van der Waals surface area contributed by atoms with Crippen molar-refractivity contribution in [3.8, 4) is 5.69 Å². The molecule has 1 fully saturated rings. The van der Waals surface area contributed by atoms with Crippen molar-refractivity contribution in [3.05, 3.63) is 40.7 Å². The van der Waals surface area contributed by atoms with Crippen molar-refractivity contribution in [1.29, 1.82) is 0 Å². The number of fused-ring (bicyclic) bond motifs is 1. The first-order valence-corrected chi connectivity index (χ1v) is 11.1. The molecular formula is C23H33N5O2. The average molecular weight is 412 g/mol. The Bertz CT molecular complexity index is 901. The number of nitrogens with zero attached hydrogens (tertiary/aromatic N) is 4. The molecule has 30 heavy (non-hydrogen) atoms. The number of benzene rings is 1. The molecule has 0 bridgehead atoms. The predicted molar refractivity (Wildman–Crippen MR) is 116 cm³/mol. The first-order chi connectivity index (χ1) is 14.5. The lowest BCUT2D eigenvalue weighted by molar-refractivity contribution is 0.0290. The summed E-state index contributed by atoms with van der Waals surface area (Å²) >= 11 is 0. The SMILES string of the molecule is Cc1c(C(=O)NC(C)C(C)C)nnn1-c1cccc2c1CCN(C1CCOCC1)C2. The Morgan fingerprint density at radius 1 is 1.23 bits per heavy atom. The van der Waals surface area contributed by atoms with Gasteiger partial charge in [0, 0.05) is 38.4 Å². The summed E-state index contributed by atoms with van der Waals surface area (Å²) in [6.07, 6.45) is 3.21. The highest BCUT2D eigenvalue weighted by Gasteiger charge is 2.28. The Balaban J connectivity index is 1.56. The summed E-state index contributed by atoms with van der Waals surface area (Å²) < 4.78 is 7.36. The fraction of sp³-hybridized carbons (Fsp3) is 0.609. The van der Waals surface area contributed by atoms with Gasteiger partial charge in [0.05, 0.1) is 11.4 Å². The Morgan fingerprint density at radius 3 is 2.73 bits per heavy atom. The highest BCUT2D eigenvalue weighted by atomic mass is 16.5. The number of hydrogen-bond acceptors (Lipinski definition) is 5. The van der Waals surface area contributed by atoms with Gasteiger partial charge in [0.1, 0.15) is 0 Å². The molecule has 0 aliphatic carbocycles. The lowest BCUT2D eigenvalue weighted by Crippen LogP contribution is -2.42. The predicted octanol–water partition coefficient (Wildman–Crippen LogP) is 2.89. The molecule has 1 N–H and O–H groups in total. The minimum Gasteiger partial charge on any atom is -0.381 e. The molecule has 0 radical (unpaired) electrons. The molecule has 162 valence electrons. The Hall–Kier alpha value is -2.25. The van der Waals surface area contributed by atoms with Crippen LogP contribution < -0.4 is 5.32 Å². The van der Waals surface area contributed by atoms with Crippen molar-refractivity contribution in [3.63, 3.8) is 0 Å². The maximum absolute atomic E-state index is 12.7. The molecule has 1 amide bonds. The highest BCUT2D eigenvalue weighted by Crippen LogP contribution is 2.29. The summed E-state index contributed by atoms with van der Waals surface area (Å²) in [5.74, 6) is 0.208. The van der Waals surface area contributed by atoms with Crippen LogP contribution in [0.1, 0.15) is 60.9 Å². The quantitative estimate of drug-likeness (QED) is 0.819. The summed E-state index contributed by atoms with van der Waals surface area (Å²) in [4.78, 5) is 15.3. The summed E-state index contributed by atoms with van der Waals surface area (Å²) in [6, 6.07) is 7.09. The van der Waals surface area contributed by atoms with Crippen LogP contribution in [0.4, 0.5) is 0 Å². The normalized spacial score (nSPS) is 19.0. The van der Waals surface area contributed by atoms with E-state index in [1.807, 2.05) is 18.5 Å². The molecule has 1 aromatic carbocycles. The molecule has 1 aromatic heterocycles. The van der Waals surface area contributed by atoms with Crippen LogP contribution in [0.3, 0.4) is 0 Å². The van der Waals surface area contributed by atoms with Crippen molar-refractivity contribution >= 4 is 5.91 Å².